The first-order valence-corrected chi connectivity index (χ1v) is 10.7. The van der Waals surface area contributed by atoms with E-state index in [0.717, 1.165) is 11.5 Å². The molecule has 1 saturated heterocycles. The fourth-order valence-corrected chi connectivity index (χ4v) is 6.02. The van der Waals surface area contributed by atoms with E-state index in [1.165, 1.54) is 62.4 Å². The normalized spacial score (nSPS) is 16.6. The van der Waals surface area contributed by atoms with E-state index in [9.17, 15) is 4.39 Å². The highest BCUT2D eigenvalue weighted by Crippen LogP contribution is 2.28. The largest absolute Gasteiger partial charge is 0.207 e. The van der Waals surface area contributed by atoms with Crippen molar-refractivity contribution in [3.8, 4) is 11.8 Å². The van der Waals surface area contributed by atoms with Gasteiger partial charge in [0.15, 0.2) is 0 Å². The highest BCUT2D eigenvalue weighted by atomic mass is 28.3. The van der Waals surface area contributed by atoms with Gasteiger partial charge >= 0.3 is 0 Å². The van der Waals surface area contributed by atoms with Crippen molar-refractivity contribution in [3.63, 3.8) is 0 Å². The highest BCUT2D eigenvalue weighted by Gasteiger charge is 2.20. The average Bonchev–Trinajstić information content (AvgIpc) is 2.55. The maximum Gasteiger partial charge on any atom is 0.123 e. The molecule has 1 aliphatic heterocycles. The number of unbranched alkanes of at least 4 members (excludes halogenated alkanes) is 2. The Morgan fingerprint density at radius 1 is 1.18 bits per heavy atom. The van der Waals surface area contributed by atoms with Crippen molar-refractivity contribution >= 4 is 8.80 Å². The minimum Gasteiger partial charge on any atom is -0.207 e. The minimum atomic E-state index is -0.208. The van der Waals surface area contributed by atoms with Crippen molar-refractivity contribution in [2.45, 2.75) is 57.2 Å². The van der Waals surface area contributed by atoms with Crippen LogP contribution in [-0.4, -0.2) is 8.80 Å². The zero-order chi connectivity index (χ0) is 15.6. The van der Waals surface area contributed by atoms with Crippen LogP contribution in [0.5, 0.6) is 0 Å². The first-order valence-electron chi connectivity index (χ1n) is 8.55. The molecule has 22 heavy (non-hydrogen) atoms. The lowest BCUT2D eigenvalue weighted by Crippen LogP contribution is -2.20. The van der Waals surface area contributed by atoms with Gasteiger partial charge < -0.3 is 0 Å². The van der Waals surface area contributed by atoms with E-state index in [1.54, 1.807) is 12.1 Å². The van der Waals surface area contributed by atoms with E-state index in [-0.39, 0.29) is 14.6 Å². The van der Waals surface area contributed by atoms with Gasteiger partial charge in [0.05, 0.1) is 0 Å². The molecule has 2 rings (SSSR count). The molecule has 2 heteroatoms. The van der Waals surface area contributed by atoms with Crippen LogP contribution >= 0.6 is 0 Å². The number of hydrogen-bond acceptors (Lipinski definition) is 0. The van der Waals surface area contributed by atoms with Crippen LogP contribution in [0, 0.1) is 23.6 Å². The lowest BCUT2D eigenvalue weighted by atomic mass is 10.0. The van der Waals surface area contributed by atoms with E-state index < -0.39 is 0 Å². The SMILES string of the molecule is CCCCC[Si]1CCC(/C=C/C#Cc2ccc(F)cc2)CC1. The van der Waals surface area contributed by atoms with Gasteiger partial charge in [0.25, 0.3) is 0 Å². The molecule has 0 nitrogen and oxygen atoms in total. The van der Waals surface area contributed by atoms with Crippen LogP contribution < -0.4 is 0 Å². The fourth-order valence-electron chi connectivity index (χ4n) is 2.96. The molecule has 1 aromatic carbocycles. The van der Waals surface area contributed by atoms with Crippen molar-refractivity contribution in [1.82, 2.24) is 0 Å². The fraction of sp³-hybridized carbons (Fsp3) is 0.500. The van der Waals surface area contributed by atoms with E-state index >= 15 is 0 Å². The zero-order valence-corrected chi connectivity index (χ0v) is 14.6. The summed E-state index contributed by atoms with van der Waals surface area (Å²) in [4.78, 5) is 0. The van der Waals surface area contributed by atoms with E-state index in [2.05, 4.69) is 24.8 Å². The van der Waals surface area contributed by atoms with Gasteiger partial charge in [-0.2, -0.15) is 0 Å². The van der Waals surface area contributed by atoms with Crippen molar-refractivity contribution in [3.05, 3.63) is 47.8 Å². The van der Waals surface area contributed by atoms with Gasteiger partial charge in [0.1, 0.15) is 5.82 Å². The topological polar surface area (TPSA) is 0 Å². The second-order valence-electron chi connectivity index (χ2n) is 6.18. The Bertz CT molecular complexity index is 513. The quantitative estimate of drug-likeness (QED) is 0.364. The Balaban J connectivity index is 1.71. The first-order chi connectivity index (χ1) is 10.8. The standard InChI is InChI=1S/C20H26FSi/c1-2-3-6-15-22-16-13-19(14-17-22)8-5-4-7-18-9-11-20(21)12-10-18/h5,8-12,19H,2-3,6,13-17H2,1H3/b8-5+. The van der Waals surface area contributed by atoms with Crippen LogP contribution in [0.1, 0.15) is 44.6 Å². The van der Waals surface area contributed by atoms with Crippen LogP contribution in [0.15, 0.2) is 36.4 Å². The molecule has 0 N–H and O–H groups in total. The monoisotopic (exact) mass is 313 g/mol. The lowest BCUT2D eigenvalue weighted by Gasteiger charge is -2.25. The number of benzene rings is 1. The Hall–Kier alpha value is -1.33. The predicted octanol–water partition coefficient (Wildman–Crippen LogP) is 5.83. The smallest absolute Gasteiger partial charge is 0.123 e. The summed E-state index contributed by atoms with van der Waals surface area (Å²) in [5.41, 5.74) is 0.871. The molecule has 1 aromatic rings. The summed E-state index contributed by atoms with van der Waals surface area (Å²) in [6, 6.07) is 10.8. The van der Waals surface area contributed by atoms with E-state index in [4.69, 9.17) is 0 Å². The molecule has 1 aliphatic rings. The molecule has 0 aromatic heterocycles. The van der Waals surface area contributed by atoms with Gasteiger partial charge in [0, 0.05) is 14.4 Å². The van der Waals surface area contributed by atoms with E-state index in [1.807, 2.05) is 6.08 Å². The van der Waals surface area contributed by atoms with Gasteiger partial charge in [-0.1, -0.05) is 62.2 Å². The molecule has 0 spiro atoms. The Morgan fingerprint density at radius 3 is 2.59 bits per heavy atom. The Labute approximate surface area is 136 Å². The zero-order valence-electron chi connectivity index (χ0n) is 13.6. The van der Waals surface area contributed by atoms with Crippen molar-refractivity contribution in [2.75, 3.05) is 0 Å². The summed E-state index contributed by atoms with van der Waals surface area (Å²) in [6.45, 7) is 2.28. The third kappa shape index (κ3) is 6.20. The molecule has 0 bridgehead atoms. The highest BCUT2D eigenvalue weighted by molar-refractivity contribution is 6.58. The van der Waals surface area contributed by atoms with Crippen LogP contribution in [0.2, 0.25) is 18.1 Å². The van der Waals surface area contributed by atoms with Gasteiger partial charge in [0.2, 0.25) is 0 Å². The summed E-state index contributed by atoms with van der Waals surface area (Å²) in [6.07, 6.45) is 11.2. The van der Waals surface area contributed by atoms with Crippen LogP contribution in [0.4, 0.5) is 4.39 Å². The Kier molecular flexibility index (Phi) is 7.46. The third-order valence-electron chi connectivity index (χ3n) is 4.38. The molecule has 1 fully saturated rings. The molecule has 0 unspecified atom stereocenters. The number of halogens is 1. The maximum absolute atomic E-state index is 12.8. The molecule has 0 aliphatic carbocycles. The third-order valence-corrected chi connectivity index (χ3v) is 7.44. The minimum absolute atomic E-state index is 0.0350. The van der Waals surface area contributed by atoms with Gasteiger partial charge in [-0.05, 0) is 49.1 Å². The van der Waals surface area contributed by atoms with Gasteiger partial charge in [-0.15, -0.1) is 0 Å². The second kappa shape index (κ2) is 9.64. The molecule has 0 amide bonds. The van der Waals surface area contributed by atoms with Crippen molar-refractivity contribution in [2.24, 2.45) is 5.92 Å². The summed E-state index contributed by atoms with van der Waals surface area (Å²) in [7, 11) is -0.0350. The number of allylic oxidation sites excluding steroid dienone is 2. The maximum atomic E-state index is 12.8. The molecular formula is C20H26FSi. The van der Waals surface area contributed by atoms with Crippen LogP contribution in [0.25, 0.3) is 0 Å². The van der Waals surface area contributed by atoms with Crippen molar-refractivity contribution < 1.29 is 4.39 Å². The Morgan fingerprint density at radius 2 is 1.91 bits per heavy atom. The molecular weight excluding hydrogens is 287 g/mol. The summed E-state index contributed by atoms with van der Waals surface area (Å²) >= 11 is 0. The number of hydrogen-bond donors (Lipinski definition) is 0. The summed E-state index contributed by atoms with van der Waals surface area (Å²) in [5, 5.41) is 0. The van der Waals surface area contributed by atoms with Crippen LogP contribution in [0.3, 0.4) is 0 Å². The summed E-state index contributed by atoms with van der Waals surface area (Å²) < 4.78 is 12.8. The van der Waals surface area contributed by atoms with Crippen molar-refractivity contribution in [1.29, 1.82) is 0 Å². The lowest BCUT2D eigenvalue weighted by molar-refractivity contribution is 0.571. The summed E-state index contributed by atoms with van der Waals surface area (Å²) in [5.74, 6) is 6.65. The second-order valence-corrected chi connectivity index (χ2v) is 9.18. The van der Waals surface area contributed by atoms with Crippen LogP contribution in [-0.2, 0) is 0 Å². The average molecular weight is 314 g/mol. The molecule has 117 valence electrons. The van der Waals surface area contributed by atoms with Gasteiger partial charge in [-0.25, -0.2) is 4.39 Å². The predicted molar refractivity (Wildman–Crippen MR) is 94.8 cm³/mol. The molecule has 0 atom stereocenters. The molecule has 1 radical (unpaired) electrons. The van der Waals surface area contributed by atoms with Gasteiger partial charge in [-0.3, -0.25) is 0 Å². The van der Waals surface area contributed by atoms with E-state index in [0.29, 0.717) is 0 Å². The number of rotatable bonds is 5. The first kappa shape index (κ1) is 17.0. The molecule has 0 saturated carbocycles. The molecule has 1 heterocycles.